The predicted molar refractivity (Wildman–Crippen MR) is 76.1 cm³/mol. The van der Waals surface area contributed by atoms with Crippen molar-refractivity contribution in [2.24, 2.45) is 5.10 Å². The topological polar surface area (TPSA) is 80.2 Å². The molecule has 1 heterocycles. The lowest BCUT2D eigenvalue weighted by atomic mass is 10.2. The van der Waals surface area contributed by atoms with E-state index in [1.807, 2.05) is 6.07 Å². The molecule has 0 aromatic heterocycles. The van der Waals surface area contributed by atoms with Crippen molar-refractivity contribution in [3.05, 3.63) is 29.8 Å². The Balaban J connectivity index is 1.87. The van der Waals surface area contributed by atoms with Crippen molar-refractivity contribution in [3.8, 4) is 5.75 Å². The zero-order valence-electron chi connectivity index (χ0n) is 11.7. The van der Waals surface area contributed by atoms with Crippen LogP contribution < -0.4 is 10.2 Å². The molecule has 1 fully saturated rings. The fourth-order valence-corrected chi connectivity index (χ4v) is 1.85. The van der Waals surface area contributed by atoms with Crippen LogP contribution in [0.25, 0.3) is 0 Å². The Kier molecular flexibility index (Phi) is 5.28. The highest BCUT2D eigenvalue weighted by molar-refractivity contribution is 6.35. The van der Waals surface area contributed by atoms with Crippen LogP contribution in [-0.2, 0) is 14.3 Å². The van der Waals surface area contributed by atoms with E-state index in [2.05, 4.69) is 10.5 Å². The van der Waals surface area contributed by atoms with E-state index in [0.29, 0.717) is 32.1 Å². The van der Waals surface area contributed by atoms with Crippen LogP contribution in [0.15, 0.2) is 29.4 Å². The van der Waals surface area contributed by atoms with E-state index in [9.17, 15) is 9.59 Å². The third-order valence-corrected chi connectivity index (χ3v) is 2.97. The summed E-state index contributed by atoms with van der Waals surface area (Å²) in [6.45, 7) is 1.75. The van der Waals surface area contributed by atoms with Gasteiger partial charge < -0.3 is 14.4 Å². The Hall–Kier alpha value is -2.41. The van der Waals surface area contributed by atoms with Gasteiger partial charge in [0.25, 0.3) is 0 Å². The number of hydrogen-bond acceptors (Lipinski definition) is 5. The summed E-state index contributed by atoms with van der Waals surface area (Å²) in [4.78, 5) is 24.9. The van der Waals surface area contributed by atoms with Gasteiger partial charge in [0.05, 0.1) is 26.5 Å². The van der Waals surface area contributed by atoms with E-state index in [1.54, 1.807) is 25.3 Å². The highest BCUT2D eigenvalue weighted by Gasteiger charge is 2.23. The molecular formula is C14H17N3O4. The number of rotatable bonds is 3. The molecule has 0 spiro atoms. The van der Waals surface area contributed by atoms with Gasteiger partial charge in [-0.3, -0.25) is 9.59 Å². The van der Waals surface area contributed by atoms with Gasteiger partial charge in [-0.25, -0.2) is 5.43 Å². The summed E-state index contributed by atoms with van der Waals surface area (Å²) in [5.41, 5.74) is 2.98. The molecule has 1 aliphatic heterocycles. The van der Waals surface area contributed by atoms with Gasteiger partial charge in [-0.15, -0.1) is 0 Å². The number of benzene rings is 1. The van der Waals surface area contributed by atoms with E-state index in [-0.39, 0.29) is 0 Å². The second kappa shape index (κ2) is 7.39. The fourth-order valence-electron chi connectivity index (χ4n) is 1.85. The van der Waals surface area contributed by atoms with Crippen molar-refractivity contribution >= 4 is 18.0 Å². The number of methoxy groups -OCH3 is 1. The molecule has 0 radical (unpaired) electrons. The molecule has 1 aromatic carbocycles. The largest absolute Gasteiger partial charge is 0.497 e. The van der Waals surface area contributed by atoms with Crippen molar-refractivity contribution in [1.29, 1.82) is 0 Å². The number of morpholine rings is 1. The van der Waals surface area contributed by atoms with E-state index in [1.165, 1.54) is 11.1 Å². The van der Waals surface area contributed by atoms with Crippen molar-refractivity contribution in [2.75, 3.05) is 33.4 Å². The van der Waals surface area contributed by atoms with Gasteiger partial charge in [-0.05, 0) is 17.7 Å². The first kappa shape index (κ1) is 15.0. The van der Waals surface area contributed by atoms with Crippen LogP contribution in [0.2, 0.25) is 0 Å². The molecule has 2 rings (SSSR count). The summed E-state index contributed by atoms with van der Waals surface area (Å²) in [7, 11) is 1.57. The standard InChI is InChI=1S/C14H17N3O4/c1-20-12-4-2-3-11(9-12)10-15-16-13(18)14(19)17-5-7-21-8-6-17/h2-4,9-10H,5-8H2,1H3,(H,16,18)/b15-10-. The number of carbonyl (C=O) groups excluding carboxylic acids is 2. The summed E-state index contributed by atoms with van der Waals surface area (Å²) in [5.74, 6) is -0.660. The highest BCUT2D eigenvalue weighted by atomic mass is 16.5. The van der Waals surface area contributed by atoms with Gasteiger partial charge in [0, 0.05) is 13.1 Å². The quantitative estimate of drug-likeness (QED) is 0.483. The molecule has 0 aliphatic carbocycles. The van der Waals surface area contributed by atoms with Crippen LogP contribution in [0, 0.1) is 0 Å². The zero-order valence-corrected chi connectivity index (χ0v) is 11.7. The van der Waals surface area contributed by atoms with Gasteiger partial charge >= 0.3 is 11.8 Å². The number of carbonyl (C=O) groups is 2. The zero-order chi connectivity index (χ0) is 15.1. The van der Waals surface area contributed by atoms with Gasteiger partial charge in [0.2, 0.25) is 0 Å². The first-order valence-electron chi connectivity index (χ1n) is 6.55. The molecule has 21 heavy (non-hydrogen) atoms. The molecule has 1 aromatic rings. The lowest BCUT2D eigenvalue weighted by Gasteiger charge is -2.25. The van der Waals surface area contributed by atoms with Gasteiger partial charge in [0.1, 0.15) is 5.75 Å². The SMILES string of the molecule is COc1cccc(/C=N\NC(=O)C(=O)N2CCOCC2)c1. The third kappa shape index (κ3) is 4.28. The molecule has 1 N–H and O–H groups in total. The van der Waals surface area contributed by atoms with E-state index in [4.69, 9.17) is 9.47 Å². The number of hydrazone groups is 1. The van der Waals surface area contributed by atoms with Crippen LogP contribution in [0.4, 0.5) is 0 Å². The molecule has 0 unspecified atom stereocenters. The number of nitrogens with zero attached hydrogens (tertiary/aromatic N) is 2. The minimum Gasteiger partial charge on any atom is -0.497 e. The highest BCUT2D eigenvalue weighted by Crippen LogP contribution is 2.10. The van der Waals surface area contributed by atoms with Crippen molar-refractivity contribution < 1.29 is 19.1 Å². The van der Waals surface area contributed by atoms with Crippen molar-refractivity contribution in [3.63, 3.8) is 0 Å². The summed E-state index contributed by atoms with van der Waals surface area (Å²) in [6.07, 6.45) is 1.45. The van der Waals surface area contributed by atoms with E-state index in [0.717, 1.165) is 5.56 Å². The first-order chi connectivity index (χ1) is 10.2. The number of ether oxygens (including phenoxy) is 2. The predicted octanol–water partition coefficient (Wildman–Crippen LogP) is 0.00410. The molecule has 112 valence electrons. The fraction of sp³-hybridized carbons (Fsp3) is 0.357. The average Bonchev–Trinajstić information content (AvgIpc) is 2.55. The molecule has 2 amide bonds. The number of amides is 2. The van der Waals surface area contributed by atoms with E-state index < -0.39 is 11.8 Å². The summed E-state index contributed by atoms with van der Waals surface area (Å²) in [6, 6.07) is 7.18. The molecule has 0 bridgehead atoms. The first-order valence-corrected chi connectivity index (χ1v) is 6.55. The number of nitrogens with one attached hydrogen (secondary N) is 1. The summed E-state index contributed by atoms with van der Waals surface area (Å²) in [5, 5.41) is 3.77. The lowest BCUT2D eigenvalue weighted by molar-refractivity contribution is -0.148. The molecule has 7 nitrogen and oxygen atoms in total. The minimum atomic E-state index is -0.754. The number of hydrogen-bond donors (Lipinski definition) is 1. The smallest absolute Gasteiger partial charge is 0.329 e. The minimum absolute atomic E-state index is 0.422. The van der Waals surface area contributed by atoms with Crippen molar-refractivity contribution in [1.82, 2.24) is 10.3 Å². The maximum atomic E-state index is 11.8. The Bertz CT molecular complexity index is 539. The summed E-state index contributed by atoms with van der Waals surface area (Å²) >= 11 is 0. The second-order valence-electron chi connectivity index (χ2n) is 4.38. The van der Waals surface area contributed by atoms with E-state index >= 15 is 0 Å². The van der Waals surface area contributed by atoms with Crippen LogP contribution in [0.1, 0.15) is 5.56 Å². The Labute approximate surface area is 122 Å². The molecule has 0 atom stereocenters. The maximum absolute atomic E-state index is 11.8. The average molecular weight is 291 g/mol. The molecule has 1 saturated heterocycles. The second-order valence-corrected chi connectivity index (χ2v) is 4.38. The molecule has 7 heteroatoms. The van der Waals surface area contributed by atoms with Crippen LogP contribution in [-0.4, -0.2) is 56.3 Å². The monoisotopic (exact) mass is 291 g/mol. The Morgan fingerprint density at radius 2 is 2.14 bits per heavy atom. The molecule has 0 saturated carbocycles. The van der Waals surface area contributed by atoms with Crippen LogP contribution in [0.3, 0.4) is 0 Å². The molecule has 1 aliphatic rings. The van der Waals surface area contributed by atoms with Gasteiger partial charge in [0.15, 0.2) is 0 Å². The normalized spacial score (nSPS) is 15.0. The Morgan fingerprint density at radius 1 is 1.38 bits per heavy atom. The van der Waals surface area contributed by atoms with Gasteiger partial charge in [-0.1, -0.05) is 12.1 Å². The van der Waals surface area contributed by atoms with Gasteiger partial charge in [-0.2, -0.15) is 5.10 Å². The molecular weight excluding hydrogens is 274 g/mol. The maximum Gasteiger partial charge on any atom is 0.329 e. The lowest BCUT2D eigenvalue weighted by Crippen LogP contribution is -2.46. The van der Waals surface area contributed by atoms with Crippen molar-refractivity contribution in [2.45, 2.75) is 0 Å². The Morgan fingerprint density at radius 3 is 2.86 bits per heavy atom. The van der Waals surface area contributed by atoms with Crippen LogP contribution >= 0.6 is 0 Å². The summed E-state index contributed by atoms with van der Waals surface area (Å²) < 4.78 is 10.2. The van der Waals surface area contributed by atoms with Crippen LogP contribution in [0.5, 0.6) is 5.75 Å². The third-order valence-electron chi connectivity index (χ3n) is 2.97.